The highest BCUT2D eigenvalue weighted by atomic mass is 35.5. The number of aliphatic hydroxyl groups excluding tert-OH is 1. The Labute approximate surface area is 195 Å². The van der Waals surface area contributed by atoms with Crippen molar-refractivity contribution in [2.24, 2.45) is 0 Å². The van der Waals surface area contributed by atoms with Crippen molar-refractivity contribution < 1.29 is 28.6 Å². The summed E-state index contributed by atoms with van der Waals surface area (Å²) in [6.45, 7) is 2.30. The number of carbonyl (C=O) groups is 2. The summed E-state index contributed by atoms with van der Waals surface area (Å²) in [6.07, 6.45) is 1.49. The maximum absolute atomic E-state index is 13.1. The van der Waals surface area contributed by atoms with Crippen LogP contribution in [0.2, 0.25) is 5.02 Å². The van der Waals surface area contributed by atoms with Crippen LogP contribution in [0.5, 0.6) is 11.5 Å². The van der Waals surface area contributed by atoms with Crippen LogP contribution >= 0.6 is 11.6 Å². The number of rotatable bonds is 7. The standard InChI is InChI=1S/C25H22ClNO6/c1-3-32-17-10-11-20(26)19(13-17)23(28)21-22(15-6-8-16(31-2)9-7-15)27(25(30)24(21)29)14-18-5-4-12-33-18/h4-13,22,28H,3,14H2,1-2H3/b23-21+. The minimum absolute atomic E-state index is 0.0533. The molecule has 7 nitrogen and oxygen atoms in total. The van der Waals surface area contributed by atoms with Gasteiger partial charge in [0, 0.05) is 5.56 Å². The number of halogens is 1. The van der Waals surface area contributed by atoms with Crippen LogP contribution in [-0.2, 0) is 16.1 Å². The number of ketones is 1. The van der Waals surface area contributed by atoms with Gasteiger partial charge in [-0.05, 0) is 55.0 Å². The van der Waals surface area contributed by atoms with Crippen molar-refractivity contribution in [1.82, 2.24) is 4.90 Å². The molecule has 1 N–H and O–H groups in total. The summed E-state index contributed by atoms with van der Waals surface area (Å²) in [5.41, 5.74) is 0.768. The molecule has 1 atom stereocenters. The van der Waals surface area contributed by atoms with Gasteiger partial charge in [-0.25, -0.2) is 0 Å². The number of likely N-dealkylation sites (tertiary alicyclic amines) is 1. The van der Waals surface area contributed by atoms with Crippen molar-refractivity contribution in [1.29, 1.82) is 0 Å². The predicted octanol–water partition coefficient (Wildman–Crippen LogP) is 4.96. The molecule has 33 heavy (non-hydrogen) atoms. The van der Waals surface area contributed by atoms with E-state index in [1.165, 1.54) is 11.2 Å². The second kappa shape index (κ2) is 9.42. The number of carbonyl (C=O) groups excluding carboxylic acids is 2. The van der Waals surface area contributed by atoms with E-state index in [9.17, 15) is 14.7 Å². The smallest absolute Gasteiger partial charge is 0.296 e. The molecule has 1 saturated heterocycles. The fourth-order valence-electron chi connectivity index (χ4n) is 3.83. The number of ether oxygens (including phenoxy) is 2. The van der Waals surface area contributed by atoms with Crippen LogP contribution in [0, 0.1) is 0 Å². The zero-order valence-electron chi connectivity index (χ0n) is 18.1. The fraction of sp³-hybridized carbons (Fsp3) is 0.200. The summed E-state index contributed by atoms with van der Waals surface area (Å²) in [5.74, 6) is -0.318. The maximum atomic E-state index is 13.1. The quantitative estimate of drug-likeness (QED) is 0.300. The molecule has 170 valence electrons. The summed E-state index contributed by atoms with van der Waals surface area (Å²) >= 11 is 6.35. The third kappa shape index (κ3) is 4.32. The number of hydrogen-bond acceptors (Lipinski definition) is 6. The zero-order valence-corrected chi connectivity index (χ0v) is 18.8. The minimum atomic E-state index is -0.854. The molecule has 2 aromatic carbocycles. The van der Waals surface area contributed by atoms with Gasteiger partial charge in [0.2, 0.25) is 0 Å². The number of nitrogens with zero attached hydrogens (tertiary/aromatic N) is 1. The number of Topliss-reactive ketones (excluding diaryl/α,β-unsaturated/α-hetero) is 1. The van der Waals surface area contributed by atoms with E-state index in [1.807, 2.05) is 6.92 Å². The summed E-state index contributed by atoms with van der Waals surface area (Å²) in [4.78, 5) is 27.6. The van der Waals surface area contributed by atoms with E-state index in [0.29, 0.717) is 29.4 Å². The number of amides is 1. The first-order valence-electron chi connectivity index (χ1n) is 10.3. The summed E-state index contributed by atoms with van der Waals surface area (Å²) in [7, 11) is 1.55. The summed E-state index contributed by atoms with van der Waals surface area (Å²) in [6, 6.07) is 14.3. The Bertz CT molecular complexity index is 1200. The molecule has 0 radical (unpaired) electrons. The van der Waals surface area contributed by atoms with Gasteiger partial charge in [-0.15, -0.1) is 0 Å². The molecule has 3 aromatic rings. The van der Waals surface area contributed by atoms with Crippen LogP contribution in [0.3, 0.4) is 0 Å². The second-order valence-corrected chi connectivity index (χ2v) is 7.76. The molecule has 1 aromatic heterocycles. The molecule has 0 aliphatic carbocycles. The largest absolute Gasteiger partial charge is 0.507 e. The SMILES string of the molecule is CCOc1ccc(Cl)c(/C(O)=C2\C(=O)C(=O)N(Cc3ccco3)C2c2ccc(OC)cc2)c1. The van der Waals surface area contributed by atoms with Crippen LogP contribution in [0.1, 0.15) is 29.9 Å². The average Bonchev–Trinajstić information content (AvgIpc) is 3.42. The van der Waals surface area contributed by atoms with Crippen LogP contribution in [0.4, 0.5) is 0 Å². The van der Waals surface area contributed by atoms with Gasteiger partial charge in [0.15, 0.2) is 0 Å². The Morgan fingerprint density at radius 2 is 1.85 bits per heavy atom. The van der Waals surface area contributed by atoms with E-state index in [1.54, 1.807) is 61.7 Å². The van der Waals surface area contributed by atoms with Gasteiger partial charge in [0.25, 0.3) is 11.7 Å². The van der Waals surface area contributed by atoms with Crippen molar-refractivity contribution in [3.05, 3.63) is 88.3 Å². The topological polar surface area (TPSA) is 89.2 Å². The van der Waals surface area contributed by atoms with E-state index < -0.39 is 17.7 Å². The van der Waals surface area contributed by atoms with E-state index in [-0.39, 0.29) is 28.5 Å². The maximum Gasteiger partial charge on any atom is 0.296 e. The van der Waals surface area contributed by atoms with Crippen LogP contribution in [0.25, 0.3) is 5.76 Å². The molecule has 0 saturated carbocycles. The van der Waals surface area contributed by atoms with E-state index in [0.717, 1.165) is 0 Å². The fourth-order valence-corrected chi connectivity index (χ4v) is 4.04. The van der Waals surface area contributed by atoms with E-state index in [2.05, 4.69) is 0 Å². The number of benzene rings is 2. The Balaban J connectivity index is 1.87. The third-order valence-electron chi connectivity index (χ3n) is 5.38. The lowest BCUT2D eigenvalue weighted by molar-refractivity contribution is -0.140. The molecule has 8 heteroatoms. The second-order valence-electron chi connectivity index (χ2n) is 7.35. The minimum Gasteiger partial charge on any atom is -0.507 e. The lowest BCUT2D eigenvalue weighted by atomic mass is 9.95. The van der Waals surface area contributed by atoms with E-state index >= 15 is 0 Å². The van der Waals surface area contributed by atoms with Crippen LogP contribution in [0.15, 0.2) is 70.9 Å². The lowest BCUT2D eigenvalue weighted by Gasteiger charge is -2.24. The first kappa shape index (κ1) is 22.5. The van der Waals surface area contributed by atoms with Crippen LogP contribution < -0.4 is 9.47 Å². The Morgan fingerprint density at radius 1 is 1.12 bits per heavy atom. The first-order valence-corrected chi connectivity index (χ1v) is 10.7. The number of aliphatic hydroxyl groups is 1. The molecule has 1 amide bonds. The van der Waals surface area contributed by atoms with Crippen molar-refractivity contribution in [2.75, 3.05) is 13.7 Å². The number of methoxy groups -OCH3 is 1. The lowest BCUT2D eigenvalue weighted by Crippen LogP contribution is -2.29. The molecule has 2 heterocycles. The molecule has 1 aliphatic heterocycles. The highest BCUT2D eigenvalue weighted by molar-refractivity contribution is 6.47. The van der Waals surface area contributed by atoms with Gasteiger partial charge in [0.05, 0.1) is 43.2 Å². The van der Waals surface area contributed by atoms with E-state index in [4.69, 9.17) is 25.5 Å². The zero-order chi connectivity index (χ0) is 23.5. The highest BCUT2D eigenvalue weighted by Crippen LogP contribution is 2.42. The number of hydrogen-bond donors (Lipinski definition) is 1. The normalized spacial score (nSPS) is 17.4. The van der Waals surface area contributed by atoms with Gasteiger partial charge in [-0.1, -0.05) is 23.7 Å². The molecule has 1 aliphatic rings. The highest BCUT2D eigenvalue weighted by Gasteiger charge is 2.46. The molecule has 1 fully saturated rings. The summed E-state index contributed by atoms with van der Waals surface area (Å²) in [5, 5.41) is 11.5. The van der Waals surface area contributed by atoms with Crippen molar-refractivity contribution in [3.63, 3.8) is 0 Å². The molecular formula is C25H22ClNO6. The predicted molar refractivity (Wildman–Crippen MR) is 122 cm³/mol. The monoisotopic (exact) mass is 467 g/mol. The molecule has 1 unspecified atom stereocenters. The van der Waals surface area contributed by atoms with Crippen LogP contribution in [-0.4, -0.2) is 35.4 Å². The first-order chi connectivity index (χ1) is 15.9. The van der Waals surface area contributed by atoms with Gasteiger partial charge < -0.3 is 23.9 Å². The molecule has 0 spiro atoms. The Hall–Kier alpha value is -3.71. The van der Waals surface area contributed by atoms with Gasteiger partial charge in [-0.2, -0.15) is 0 Å². The van der Waals surface area contributed by atoms with Gasteiger partial charge in [0.1, 0.15) is 23.0 Å². The summed E-state index contributed by atoms with van der Waals surface area (Å²) < 4.78 is 16.1. The molecular weight excluding hydrogens is 446 g/mol. The Morgan fingerprint density at radius 3 is 2.48 bits per heavy atom. The average molecular weight is 468 g/mol. The molecule has 0 bridgehead atoms. The van der Waals surface area contributed by atoms with Crippen molar-refractivity contribution in [3.8, 4) is 11.5 Å². The van der Waals surface area contributed by atoms with Crippen molar-refractivity contribution in [2.45, 2.75) is 19.5 Å². The van der Waals surface area contributed by atoms with Crippen molar-refractivity contribution >= 4 is 29.1 Å². The number of furan rings is 1. The third-order valence-corrected chi connectivity index (χ3v) is 5.71. The van der Waals surface area contributed by atoms with Gasteiger partial charge in [-0.3, -0.25) is 9.59 Å². The molecule has 4 rings (SSSR count). The Kier molecular flexibility index (Phi) is 6.42. The van der Waals surface area contributed by atoms with Gasteiger partial charge >= 0.3 is 0 Å².